The maximum atomic E-state index is 14.8. The fraction of sp³-hybridized carbons (Fsp3) is 0.346. The van der Waals surface area contributed by atoms with E-state index in [-0.39, 0.29) is 12.0 Å². The Morgan fingerprint density at radius 2 is 1.88 bits per heavy atom. The molecule has 2 aliphatic rings. The van der Waals surface area contributed by atoms with E-state index in [1.807, 2.05) is 36.0 Å². The van der Waals surface area contributed by atoms with Crippen LogP contribution in [0.3, 0.4) is 0 Å². The Labute approximate surface area is 190 Å². The minimum absolute atomic E-state index is 0.0507. The standard InChI is InChI=1S/C26H24F2N4O/c1-15-2-6-21-22(20-7-3-18(27)11-23(20)28)12-24(31-26(21)30-15)16-8-9-33-25(10-16)17-13-29-32(14-17)19-4-5-19/h2-3,6-7,11-14,16,19,25H,4-5,8-10H2,1H3/t16-,25+/m1/s1. The van der Waals surface area contributed by atoms with Crippen molar-refractivity contribution in [1.29, 1.82) is 0 Å². The van der Waals surface area contributed by atoms with Gasteiger partial charge in [-0.1, -0.05) is 0 Å². The molecule has 1 saturated carbocycles. The molecule has 1 aliphatic carbocycles. The Bertz CT molecular complexity index is 1350. The first-order valence-electron chi connectivity index (χ1n) is 11.4. The van der Waals surface area contributed by atoms with Crippen molar-refractivity contribution in [2.75, 3.05) is 6.61 Å². The summed E-state index contributed by atoms with van der Waals surface area (Å²) in [5.74, 6) is -1.05. The van der Waals surface area contributed by atoms with Gasteiger partial charge in [-0.25, -0.2) is 18.7 Å². The maximum Gasteiger partial charge on any atom is 0.160 e. The van der Waals surface area contributed by atoms with Gasteiger partial charge in [0.2, 0.25) is 0 Å². The molecule has 4 aromatic rings. The van der Waals surface area contributed by atoms with E-state index >= 15 is 0 Å². The largest absolute Gasteiger partial charge is 0.373 e. The zero-order valence-corrected chi connectivity index (χ0v) is 18.3. The molecule has 1 aliphatic heterocycles. The third-order valence-electron chi connectivity index (χ3n) is 6.67. The minimum atomic E-state index is -0.595. The SMILES string of the molecule is Cc1ccc2c(-c3ccc(F)cc3F)cc([C@@H]3CCO[C@H](c4cnn(C5CC5)c4)C3)nc2n1. The molecular weight excluding hydrogens is 422 g/mol. The molecule has 2 atom stereocenters. The van der Waals surface area contributed by atoms with E-state index in [0.717, 1.165) is 41.2 Å². The molecule has 0 radical (unpaired) electrons. The Balaban J connectivity index is 1.39. The average molecular weight is 447 g/mol. The van der Waals surface area contributed by atoms with E-state index in [1.54, 1.807) is 0 Å². The monoisotopic (exact) mass is 446 g/mol. The zero-order chi connectivity index (χ0) is 22.5. The van der Waals surface area contributed by atoms with Crippen LogP contribution in [0.2, 0.25) is 0 Å². The van der Waals surface area contributed by atoms with Gasteiger partial charge in [0.15, 0.2) is 5.65 Å². The van der Waals surface area contributed by atoms with Crippen LogP contribution in [0, 0.1) is 18.6 Å². The Morgan fingerprint density at radius 1 is 1.00 bits per heavy atom. The van der Waals surface area contributed by atoms with E-state index < -0.39 is 11.6 Å². The summed E-state index contributed by atoms with van der Waals surface area (Å²) < 4.78 is 36.5. The highest BCUT2D eigenvalue weighted by atomic mass is 19.1. The lowest BCUT2D eigenvalue weighted by Gasteiger charge is -2.29. The average Bonchev–Trinajstić information content (AvgIpc) is 3.54. The van der Waals surface area contributed by atoms with Crippen LogP contribution in [-0.2, 0) is 4.74 Å². The lowest BCUT2D eigenvalue weighted by Crippen LogP contribution is -2.19. The summed E-state index contributed by atoms with van der Waals surface area (Å²) in [6.45, 7) is 2.53. The molecule has 4 heterocycles. The first-order chi connectivity index (χ1) is 16.0. The van der Waals surface area contributed by atoms with Crippen LogP contribution in [0.4, 0.5) is 8.78 Å². The molecule has 2 fully saturated rings. The Morgan fingerprint density at radius 3 is 2.70 bits per heavy atom. The molecule has 3 aromatic heterocycles. The molecule has 0 amide bonds. The summed E-state index contributed by atoms with van der Waals surface area (Å²) in [6.07, 6.45) is 7.92. The van der Waals surface area contributed by atoms with Crippen LogP contribution in [0.5, 0.6) is 0 Å². The third kappa shape index (κ3) is 3.91. The molecule has 1 aromatic carbocycles. The second-order valence-electron chi connectivity index (χ2n) is 9.11. The van der Waals surface area contributed by atoms with Gasteiger partial charge in [-0.05, 0) is 68.5 Å². The van der Waals surface area contributed by atoms with E-state index in [2.05, 4.69) is 16.3 Å². The van der Waals surface area contributed by atoms with Gasteiger partial charge >= 0.3 is 0 Å². The predicted molar refractivity (Wildman–Crippen MR) is 121 cm³/mol. The van der Waals surface area contributed by atoms with Crippen LogP contribution in [-0.4, -0.2) is 26.4 Å². The number of aryl methyl sites for hydroxylation is 1. The predicted octanol–water partition coefficient (Wildman–Crippen LogP) is 6.05. The summed E-state index contributed by atoms with van der Waals surface area (Å²) in [6, 6.07) is 9.96. The van der Waals surface area contributed by atoms with Crippen molar-refractivity contribution in [3.05, 3.63) is 77.4 Å². The van der Waals surface area contributed by atoms with Crippen molar-refractivity contribution in [2.24, 2.45) is 0 Å². The van der Waals surface area contributed by atoms with Crippen LogP contribution in [0.25, 0.3) is 22.2 Å². The van der Waals surface area contributed by atoms with E-state index in [9.17, 15) is 8.78 Å². The quantitative estimate of drug-likeness (QED) is 0.383. The number of fused-ring (bicyclic) bond motifs is 1. The van der Waals surface area contributed by atoms with Gasteiger partial charge in [-0.3, -0.25) is 4.68 Å². The van der Waals surface area contributed by atoms with Crippen molar-refractivity contribution in [1.82, 2.24) is 19.7 Å². The minimum Gasteiger partial charge on any atom is -0.373 e. The topological polar surface area (TPSA) is 52.8 Å². The number of halogens is 2. The fourth-order valence-electron chi connectivity index (χ4n) is 4.71. The molecule has 5 nitrogen and oxygen atoms in total. The number of benzene rings is 1. The molecule has 7 heteroatoms. The van der Waals surface area contributed by atoms with Crippen molar-refractivity contribution in [2.45, 2.75) is 50.7 Å². The summed E-state index contributed by atoms with van der Waals surface area (Å²) in [5.41, 5.74) is 4.41. The molecule has 6 rings (SSSR count). The molecule has 0 N–H and O–H groups in total. The Hall–Kier alpha value is -3.19. The Kier molecular flexibility index (Phi) is 4.94. The van der Waals surface area contributed by atoms with Gasteiger partial charge in [0.05, 0.1) is 18.3 Å². The second kappa shape index (κ2) is 7.99. The van der Waals surface area contributed by atoms with Crippen molar-refractivity contribution >= 4 is 11.0 Å². The first-order valence-corrected chi connectivity index (χ1v) is 11.4. The third-order valence-corrected chi connectivity index (χ3v) is 6.67. The van der Waals surface area contributed by atoms with Gasteiger partial charge < -0.3 is 4.74 Å². The number of rotatable bonds is 4. The molecule has 168 valence electrons. The highest BCUT2D eigenvalue weighted by molar-refractivity contribution is 5.93. The number of aromatic nitrogens is 4. The maximum absolute atomic E-state index is 14.8. The van der Waals surface area contributed by atoms with Crippen LogP contribution >= 0.6 is 0 Å². The molecular formula is C26H24F2N4O. The van der Waals surface area contributed by atoms with Gasteiger partial charge in [0, 0.05) is 52.7 Å². The molecule has 0 unspecified atom stereocenters. The van der Waals surface area contributed by atoms with Gasteiger partial charge in [-0.15, -0.1) is 0 Å². The number of hydrogen-bond donors (Lipinski definition) is 0. The number of pyridine rings is 2. The van der Waals surface area contributed by atoms with Gasteiger partial charge in [0.1, 0.15) is 11.6 Å². The van der Waals surface area contributed by atoms with E-state index in [4.69, 9.17) is 9.72 Å². The van der Waals surface area contributed by atoms with Crippen LogP contribution in [0.1, 0.15) is 60.7 Å². The molecule has 0 bridgehead atoms. The highest BCUT2D eigenvalue weighted by Crippen LogP contribution is 2.41. The number of ether oxygens (including phenoxy) is 1. The zero-order valence-electron chi connectivity index (χ0n) is 18.3. The fourth-order valence-corrected chi connectivity index (χ4v) is 4.71. The summed E-state index contributed by atoms with van der Waals surface area (Å²) in [7, 11) is 0. The summed E-state index contributed by atoms with van der Waals surface area (Å²) in [5, 5.41) is 5.26. The van der Waals surface area contributed by atoms with Crippen molar-refractivity contribution in [3.63, 3.8) is 0 Å². The lowest BCUT2D eigenvalue weighted by molar-refractivity contribution is 0.00464. The lowest BCUT2D eigenvalue weighted by atomic mass is 9.88. The van der Waals surface area contributed by atoms with Crippen molar-refractivity contribution < 1.29 is 13.5 Å². The second-order valence-corrected chi connectivity index (χ2v) is 9.11. The molecule has 1 saturated heterocycles. The number of hydrogen-bond acceptors (Lipinski definition) is 4. The van der Waals surface area contributed by atoms with E-state index in [1.165, 1.54) is 25.0 Å². The van der Waals surface area contributed by atoms with Crippen LogP contribution < -0.4 is 0 Å². The normalized spacial score (nSPS) is 20.9. The molecule has 33 heavy (non-hydrogen) atoms. The highest BCUT2D eigenvalue weighted by Gasteiger charge is 2.30. The summed E-state index contributed by atoms with van der Waals surface area (Å²) >= 11 is 0. The summed E-state index contributed by atoms with van der Waals surface area (Å²) in [4.78, 5) is 9.50. The molecule has 0 spiro atoms. The van der Waals surface area contributed by atoms with Gasteiger partial charge in [0.25, 0.3) is 0 Å². The smallest absolute Gasteiger partial charge is 0.160 e. The number of nitrogens with zero attached hydrogens (tertiary/aromatic N) is 4. The first kappa shape index (κ1) is 20.4. The van der Waals surface area contributed by atoms with Crippen molar-refractivity contribution in [3.8, 4) is 11.1 Å². The van der Waals surface area contributed by atoms with Crippen LogP contribution in [0.15, 0.2) is 48.8 Å². The van der Waals surface area contributed by atoms with Gasteiger partial charge in [-0.2, -0.15) is 5.10 Å². The van der Waals surface area contributed by atoms with E-state index in [0.29, 0.717) is 29.4 Å².